The molecule has 1 amide bonds. The number of carbonyl (C=O) groups is 1. The summed E-state index contributed by atoms with van der Waals surface area (Å²) >= 11 is 0. The molecule has 0 aliphatic carbocycles. The summed E-state index contributed by atoms with van der Waals surface area (Å²) < 4.78 is 44.0. The minimum atomic E-state index is -4.17. The van der Waals surface area contributed by atoms with Crippen LogP contribution in [0.3, 0.4) is 0 Å². The van der Waals surface area contributed by atoms with Crippen LogP contribution in [0, 0.1) is 6.92 Å². The van der Waals surface area contributed by atoms with Crippen molar-refractivity contribution < 1.29 is 27.1 Å². The molecule has 0 bridgehead atoms. The standard InChI is InChI=1S/C27H25NO6S/c1-3-32-24-13-9-20(10-14-24)21-11-15-25(16-12-21)33-18-23-17-26(34-19(23)2)35(30,31)28-27(29)22-7-5-4-6-8-22/h4-17H,3,18H2,1-2H3,(H,28,29). The third kappa shape index (κ3) is 5.91. The van der Waals surface area contributed by atoms with E-state index >= 15 is 0 Å². The molecule has 1 heterocycles. The fourth-order valence-corrected chi connectivity index (χ4v) is 4.40. The minimum Gasteiger partial charge on any atom is -0.494 e. The van der Waals surface area contributed by atoms with Gasteiger partial charge in [-0.1, -0.05) is 42.5 Å². The number of carbonyl (C=O) groups excluding carboxylic acids is 1. The second kappa shape index (κ2) is 10.5. The lowest BCUT2D eigenvalue weighted by Crippen LogP contribution is -2.30. The van der Waals surface area contributed by atoms with Crippen molar-refractivity contribution in [1.29, 1.82) is 0 Å². The van der Waals surface area contributed by atoms with Crippen molar-refractivity contribution in [3.8, 4) is 22.6 Å². The molecule has 0 spiro atoms. The summed E-state index contributed by atoms with van der Waals surface area (Å²) in [6.45, 7) is 4.32. The van der Waals surface area contributed by atoms with Gasteiger partial charge in [0.1, 0.15) is 23.9 Å². The van der Waals surface area contributed by atoms with Gasteiger partial charge in [0, 0.05) is 17.2 Å². The maximum absolute atomic E-state index is 12.6. The number of benzene rings is 3. The number of hydrogen-bond acceptors (Lipinski definition) is 6. The van der Waals surface area contributed by atoms with E-state index in [0.717, 1.165) is 16.9 Å². The van der Waals surface area contributed by atoms with Crippen molar-refractivity contribution in [3.05, 3.63) is 102 Å². The third-order valence-corrected chi connectivity index (χ3v) is 6.46. The number of amides is 1. The number of aryl methyl sites for hydroxylation is 1. The van der Waals surface area contributed by atoms with Crippen LogP contribution < -0.4 is 14.2 Å². The minimum absolute atomic E-state index is 0.111. The summed E-state index contributed by atoms with van der Waals surface area (Å²) in [6.07, 6.45) is 0. The van der Waals surface area contributed by atoms with E-state index in [0.29, 0.717) is 23.7 Å². The highest BCUT2D eigenvalue weighted by Gasteiger charge is 2.24. The fourth-order valence-electron chi connectivity index (χ4n) is 3.40. The number of sulfonamides is 1. The van der Waals surface area contributed by atoms with Gasteiger partial charge in [-0.3, -0.25) is 4.79 Å². The largest absolute Gasteiger partial charge is 0.494 e. The van der Waals surface area contributed by atoms with Crippen molar-refractivity contribution in [2.45, 2.75) is 25.5 Å². The summed E-state index contributed by atoms with van der Waals surface area (Å²) in [4.78, 5) is 12.2. The highest BCUT2D eigenvalue weighted by atomic mass is 32.2. The van der Waals surface area contributed by atoms with Crippen LogP contribution in [0.4, 0.5) is 0 Å². The Bertz CT molecular complexity index is 1390. The molecular formula is C27H25NO6S. The van der Waals surface area contributed by atoms with E-state index in [1.807, 2.05) is 60.2 Å². The van der Waals surface area contributed by atoms with E-state index in [9.17, 15) is 13.2 Å². The molecule has 7 nitrogen and oxygen atoms in total. The van der Waals surface area contributed by atoms with Crippen molar-refractivity contribution in [3.63, 3.8) is 0 Å². The van der Waals surface area contributed by atoms with E-state index < -0.39 is 15.9 Å². The van der Waals surface area contributed by atoms with Crippen LogP contribution >= 0.6 is 0 Å². The summed E-state index contributed by atoms with van der Waals surface area (Å²) in [6, 6.07) is 24.9. The monoisotopic (exact) mass is 491 g/mol. The maximum Gasteiger partial charge on any atom is 0.297 e. The maximum atomic E-state index is 12.6. The lowest BCUT2D eigenvalue weighted by molar-refractivity contribution is 0.0980. The number of nitrogens with one attached hydrogen (secondary N) is 1. The van der Waals surface area contributed by atoms with Gasteiger partial charge in [-0.15, -0.1) is 0 Å². The zero-order valence-corrected chi connectivity index (χ0v) is 20.2. The molecule has 0 fully saturated rings. The van der Waals surface area contributed by atoms with Crippen LogP contribution in [0.5, 0.6) is 11.5 Å². The summed E-state index contributed by atoms with van der Waals surface area (Å²) in [5, 5.41) is -0.344. The lowest BCUT2D eigenvalue weighted by atomic mass is 10.1. The molecule has 1 aromatic heterocycles. The highest BCUT2D eigenvalue weighted by Crippen LogP contribution is 2.26. The Hall–Kier alpha value is -4.04. The average Bonchev–Trinajstić information content (AvgIpc) is 3.25. The van der Waals surface area contributed by atoms with Crippen LogP contribution in [0.15, 0.2) is 94.4 Å². The van der Waals surface area contributed by atoms with E-state index in [1.54, 1.807) is 25.1 Å². The molecule has 0 atom stereocenters. The molecule has 0 aliphatic rings. The first-order valence-corrected chi connectivity index (χ1v) is 12.5. The number of hydrogen-bond donors (Lipinski definition) is 1. The van der Waals surface area contributed by atoms with Gasteiger partial charge in [0.25, 0.3) is 15.9 Å². The van der Waals surface area contributed by atoms with Crippen molar-refractivity contribution >= 4 is 15.9 Å². The van der Waals surface area contributed by atoms with Gasteiger partial charge in [0.15, 0.2) is 0 Å². The molecule has 4 rings (SSSR count). The van der Waals surface area contributed by atoms with Crippen LogP contribution in [-0.4, -0.2) is 20.9 Å². The van der Waals surface area contributed by atoms with Gasteiger partial charge in [-0.05, 0) is 61.4 Å². The molecule has 3 aromatic carbocycles. The molecule has 0 unspecified atom stereocenters. The van der Waals surface area contributed by atoms with E-state index in [-0.39, 0.29) is 17.3 Å². The normalized spacial score (nSPS) is 11.1. The van der Waals surface area contributed by atoms with Gasteiger partial charge < -0.3 is 13.9 Å². The first kappa shape index (κ1) is 24.1. The molecule has 4 aromatic rings. The molecule has 0 saturated heterocycles. The Morgan fingerprint density at radius 3 is 2.00 bits per heavy atom. The summed E-state index contributed by atoms with van der Waals surface area (Å²) in [7, 11) is -4.17. The summed E-state index contributed by atoms with van der Waals surface area (Å²) in [5.74, 6) is 1.11. The zero-order valence-electron chi connectivity index (χ0n) is 19.4. The van der Waals surface area contributed by atoms with E-state index in [1.165, 1.54) is 18.2 Å². The quantitative estimate of drug-likeness (QED) is 0.339. The van der Waals surface area contributed by atoms with Gasteiger partial charge in [0.2, 0.25) is 5.09 Å². The first-order chi connectivity index (χ1) is 16.9. The number of rotatable bonds is 9. The molecule has 0 radical (unpaired) electrons. The Labute approximate surface area is 204 Å². The van der Waals surface area contributed by atoms with Gasteiger partial charge in [-0.2, -0.15) is 8.42 Å². The molecular weight excluding hydrogens is 466 g/mol. The van der Waals surface area contributed by atoms with Crippen LogP contribution in [-0.2, 0) is 16.6 Å². The Balaban J connectivity index is 1.40. The molecule has 0 aliphatic heterocycles. The fraction of sp³-hybridized carbons (Fsp3) is 0.148. The van der Waals surface area contributed by atoms with Gasteiger partial charge >= 0.3 is 0 Å². The van der Waals surface area contributed by atoms with E-state index in [4.69, 9.17) is 13.9 Å². The second-order valence-electron chi connectivity index (χ2n) is 7.72. The van der Waals surface area contributed by atoms with Crippen LogP contribution in [0.1, 0.15) is 28.6 Å². The zero-order chi connectivity index (χ0) is 24.8. The third-order valence-electron chi connectivity index (χ3n) is 5.27. The smallest absolute Gasteiger partial charge is 0.297 e. The SMILES string of the molecule is CCOc1ccc(-c2ccc(OCc3cc(S(=O)(=O)NC(=O)c4ccccc4)oc3C)cc2)cc1. The molecule has 35 heavy (non-hydrogen) atoms. The summed E-state index contributed by atoms with van der Waals surface area (Å²) in [5.41, 5.74) is 2.88. The second-order valence-corrected chi connectivity index (χ2v) is 9.33. The van der Waals surface area contributed by atoms with Crippen LogP contribution in [0.25, 0.3) is 11.1 Å². The van der Waals surface area contributed by atoms with Crippen LogP contribution in [0.2, 0.25) is 0 Å². The Kier molecular flexibility index (Phi) is 7.22. The topological polar surface area (TPSA) is 94.8 Å². The van der Waals surface area contributed by atoms with E-state index in [2.05, 4.69) is 0 Å². The van der Waals surface area contributed by atoms with Crippen molar-refractivity contribution in [1.82, 2.24) is 4.72 Å². The predicted octanol–water partition coefficient (Wildman–Crippen LogP) is 5.35. The number of furan rings is 1. The molecule has 8 heteroatoms. The highest BCUT2D eigenvalue weighted by molar-refractivity contribution is 7.90. The molecule has 0 saturated carbocycles. The predicted molar refractivity (Wildman–Crippen MR) is 132 cm³/mol. The van der Waals surface area contributed by atoms with Gasteiger partial charge in [-0.25, -0.2) is 4.72 Å². The number of ether oxygens (including phenoxy) is 2. The Morgan fingerprint density at radius 2 is 1.43 bits per heavy atom. The average molecular weight is 492 g/mol. The van der Waals surface area contributed by atoms with Crippen molar-refractivity contribution in [2.75, 3.05) is 6.61 Å². The molecule has 180 valence electrons. The van der Waals surface area contributed by atoms with Crippen molar-refractivity contribution in [2.24, 2.45) is 0 Å². The molecule has 1 N–H and O–H groups in total. The lowest BCUT2D eigenvalue weighted by Gasteiger charge is -2.08. The Morgan fingerprint density at radius 1 is 0.857 bits per heavy atom. The first-order valence-electron chi connectivity index (χ1n) is 11.0. The van der Waals surface area contributed by atoms with Gasteiger partial charge in [0.05, 0.1) is 6.61 Å².